The maximum Gasteiger partial charge on any atom is 0.410 e. The second-order valence-electron chi connectivity index (χ2n) is 31.3. The minimum absolute atomic E-state index is 0.00746. The Hall–Kier alpha value is -9.34. The van der Waals surface area contributed by atoms with Crippen LogP contribution in [-0.4, -0.2) is 226 Å². The van der Waals surface area contributed by atoms with Crippen molar-refractivity contribution in [2.45, 2.75) is 173 Å². The van der Waals surface area contributed by atoms with Gasteiger partial charge in [0.15, 0.2) is 16.9 Å². The summed E-state index contributed by atoms with van der Waals surface area (Å²) in [5.41, 5.74) is 5.42. The van der Waals surface area contributed by atoms with Crippen molar-refractivity contribution in [2.75, 3.05) is 87.3 Å². The lowest BCUT2D eigenvalue weighted by atomic mass is 9.48. The van der Waals surface area contributed by atoms with Crippen LogP contribution >= 0.6 is 18.9 Å². The molecule has 4 fully saturated rings. The number of para-hydroxylation sites is 1. The van der Waals surface area contributed by atoms with Gasteiger partial charge in [0.25, 0.3) is 17.7 Å². The molecule has 2 unspecified atom stereocenters. The highest BCUT2D eigenvalue weighted by molar-refractivity contribution is 7.51. The van der Waals surface area contributed by atoms with E-state index in [4.69, 9.17) is 29.0 Å². The largest absolute Gasteiger partial charge is 0.479 e. The number of unbranched alkanes of at least 4 members (excludes halogenated alkanes) is 2. The summed E-state index contributed by atoms with van der Waals surface area (Å²) in [6.45, 7) is 10.6. The monoisotopic (exact) mass is 1600 g/mol. The van der Waals surface area contributed by atoms with Crippen molar-refractivity contribution in [2.24, 2.45) is 16.2 Å². The van der Waals surface area contributed by atoms with E-state index in [-0.39, 0.29) is 108 Å². The molecule has 3 aromatic carbocycles. The summed E-state index contributed by atoms with van der Waals surface area (Å²) in [4.78, 5) is 138. The number of nitrogens with zero attached hydrogens (tertiary/aromatic N) is 8. The maximum atomic E-state index is 13.9. The quantitative estimate of drug-likeness (QED) is 0.0103. The Bertz CT molecular complexity index is 4550. The number of piperidine rings is 1. The molecule has 606 valence electrons. The molecule has 3 aromatic heterocycles. The summed E-state index contributed by atoms with van der Waals surface area (Å²) in [6.07, 6.45) is 7.31. The Morgan fingerprint density at radius 2 is 1.57 bits per heavy atom. The number of aliphatic hydroxyl groups is 3. The Morgan fingerprint density at radius 1 is 0.805 bits per heavy atom. The van der Waals surface area contributed by atoms with Crippen molar-refractivity contribution in [1.82, 2.24) is 39.8 Å². The van der Waals surface area contributed by atoms with Crippen molar-refractivity contribution in [3.63, 3.8) is 0 Å². The Labute approximate surface area is 657 Å². The van der Waals surface area contributed by atoms with E-state index in [1.807, 2.05) is 65.0 Å². The number of aromatic nitrogens is 4. The lowest BCUT2D eigenvalue weighted by Crippen LogP contribution is -2.61. The van der Waals surface area contributed by atoms with E-state index in [0.717, 1.165) is 76.9 Å². The van der Waals surface area contributed by atoms with E-state index in [2.05, 4.69) is 39.7 Å². The summed E-state index contributed by atoms with van der Waals surface area (Å²) in [5, 5.41) is 65.8. The summed E-state index contributed by atoms with van der Waals surface area (Å²) >= 11 is 1.40. The van der Waals surface area contributed by atoms with Crippen LogP contribution in [0.4, 0.5) is 21.4 Å². The van der Waals surface area contributed by atoms with Gasteiger partial charge in [-0.25, -0.2) is 24.4 Å². The number of carbonyl (C=O) groups excluding carboxylic acids is 6. The highest BCUT2D eigenvalue weighted by Crippen LogP contribution is 2.63. The number of thiazole rings is 1. The van der Waals surface area contributed by atoms with Gasteiger partial charge in [-0.15, -0.1) is 0 Å². The third kappa shape index (κ3) is 21.0. The predicted octanol–water partition coefficient (Wildman–Crippen LogP) is 8.54. The number of hydrogen-bond acceptors (Lipinski definition) is 22. The number of aromatic carboxylic acids is 1. The minimum Gasteiger partial charge on any atom is -0.479 e. The standard InChI is InChI=1S/C80H100N11O20PS/c1-50-56(54-20-22-62(85-67(54)73(100)101)89-35-26-52-14-9-15-55(57(52)45-89)72(99)86-76-84-58-16-6-7-17-61(58)113-76)44-82-91(50)49-80(47-78(2)29-11-30-79(3,46-78)48-80)31-40-108-41-38-87(33-12-42-112(105,106)107)53-27-36-88(37-28-53)77(104)109-39-10-13-51-19-21-60(110-75-70(98)68(96)69(97)71(111-75)74(102)103)59(43-51)83-64(93)25-32-81-63(92)18-5-4-8-34-90-65(94)23-24-66(90)95/h6-7,9-10,13-17,19-24,43-44,53,68-71,75,96-98H,4-5,8,11-12,18,25-42,45-49H2,1-3H3,(H,81,92)(H,83,93)(H,100,101)(H,102,103)(H,84,86,99)(H2,105,106,107)/b13-10+/t68-,69-,70+,71-,75+,78?,79?,80?/m0/s1. The number of hydrogen-bond donors (Lipinski definition) is 10. The number of rotatable bonds is 34. The van der Waals surface area contributed by atoms with Gasteiger partial charge < -0.3 is 74.7 Å². The Balaban J connectivity index is 0.643. The summed E-state index contributed by atoms with van der Waals surface area (Å²) in [7, 11) is -4.30. The van der Waals surface area contributed by atoms with Crippen LogP contribution < -0.4 is 25.6 Å². The smallest absolute Gasteiger partial charge is 0.410 e. The number of amides is 6. The average Bonchev–Trinajstić information content (AvgIpc) is 1.42. The summed E-state index contributed by atoms with van der Waals surface area (Å²) in [6, 6.07) is 21.4. The van der Waals surface area contributed by atoms with Crippen LogP contribution in [0.1, 0.15) is 153 Å². The molecule has 10 N–H and O–H groups in total. The number of carbonyl (C=O) groups is 8. The fraction of sp³-hybridized carbons (Fsp3) is 0.512. The van der Waals surface area contributed by atoms with E-state index >= 15 is 0 Å². The predicted molar refractivity (Wildman–Crippen MR) is 418 cm³/mol. The number of benzene rings is 3. The van der Waals surface area contributed by atoms with Crippen molar-refractivity contribution < 1.29 is 97.2 Å². The summed E-state index contributed by atoms with van der Waals surface area (Å²) < 4.78 is 38.5. The highest BCUT2D eigenvalue weighted by atomic mass is 32.1. The molecule has 2 saturated carbocycles. The van der Waals surface area contributed by atoms with Crippen LogP contribution in [0.25, 0.3) is 27.4 Å². The average molecular weight is 1600 g/mol. The van der Waals surface area contributed by atoms with Crippen molar-refractivity contribution >= 4 is 99.4 Å². The topological polar surface area (TPSA) is 425 Å². The number of likely N-dealkylation sites (tertiary alicyclic amines) is 1. The van der Waals surface area contributed by atoms with Crippen molar-refractivity contribution in [3.8, 4) is 16.9 Å². The number of fused-ring (bicyclic) bond motifs is 4. The molecule has 2 saturated heterocycles. The van der Waals surface area contributed by atoms with Gasteiger partial charge in [0, 0.05) is 112 Å². The van der Waals surface area contributed by atoms with Crippen LogP contribution in [0, 0.1) is 23.2 Å². The Morgan fingerprint density at radius 3 is 2.30 bits per heavy atom. The van der Waals surface area contributed by atoms with Crippen molar-refractivity contribution in [1.29, 1.82) is 0 Å². The van der Waals surface area contributed by atoms with Crippen LogP contribution in [0.5, 0.6) is 5.75 Å². The number of carboxylic acids is 2. The van der Waals surface area contributed by atoms with Crippen LogP contribution in [-0.2, 0) is 62.3 Å². The third-order valence-electron chi connectivity index (χ3n) is 22.6. The van der Waals surface area contributed by atoms with Crippen LogP contribution in [0.2, 0.25) is 0 Å². The zero-order valence-electron chi connectivity index (χ0n) is 63.7. The first-order valence-electron chi connectivity index (χ1n) is 38.6. The van der Waals surface area contributed by atoms with Gasteiger partial charge in [-0.3, -0.25) is 48.3 Å². The fourth-order valence-electron chi connectivity index (χ4n) is 17.4. The normalized spacial score (nSPS) is 23.3. The van der Waals surface area contributed by atoms with Crippen molar-refractivity contribution in [3.05, 3.63) is 131 Å². The second-order valence-corrected chi connectivity index (χ2v) is 34.1. The minimum atomic E-state index is -4.30. The number of carboxylic acid groups (broad SMARTS) is 2. The van der Waals surface area contributed by atoms with E-state index in [1.54, 1.807) is 35.4 Å². The lowest BCUT2D eigenvalue weighted by Gasteiger charge is -2.57. The van der Waals surface area contributed by atoms with E-state index in [1.165, 1.54) is 35.6 Å². The molecule has 113 heavy (non-hydrogen) atoms. The Kier molecular flexibility index (Phi) is 26.8. The first-order valence-corrected chi connectivity index (χ1v) is 41.2. The summed E-state index contributed by atoms with van der Waals surface area (Å²) in [5.74, 6) is -4.41. The maximum absolute atomic E-state index is 13.9. The third-order valence-corrected chi connectivity index (χ3v) is 24.4. The number of pyridine rings is 1. The van der Waals surface area contributed by atoms with Gasteiger partial charge in [0.1, 0.15) is 36.5 Å². The van der Waals surface area contributed by atoms with Crippen LogP contribution in [0.3, 0.4) is 0 Å². The molecule has 2 bridgehead atoms. The first-order chi connectivity index (χ1) is 54.0. The number of anilines is 3. The number of nitrogens with one attached hydrogen (secondary N) is 3. The second kappa shape index (κ2) is 36.4. The molecule has 2 aliphatic carbocycles. The van der Waals surface area contributed by atoms with Gasteiger partial charge in [-0.2, -0.15) is 5.10 Å². The molecule has 6 amide bonds. The fourth-order valence-corrected chi connectivity index (χ4v) is 18.8. The number of imide groups is 1. The number of aliphatic carboxylic acids is 1. The molecule has 31 nitrogen and oxygen atoms in total. The van der Waals surface area contributed by atoms with Crippen LogP contribution in [0.15, 0.2) is 97.2 Å². The molecule has 6 aromatic rings. The SMILES string of the molecule is Cc1c(-c2ccc(N3CCc4cccc(C(=O)Nc5nc6ccccc6s5)c4C3)nc2C(=O)O)cnn1CC1(CCOCCN(CCCP(=O)(O)O)C2CCN(C(=O)OC/C=C/c3ccc(O[C@@H]4O[C@H](C(=O)O)[C@@H](O)[C@H](O)[C@H]4O)c(NC(=O)CCNC(=O)CCCCCN4C(=O)C=CC4=O)c3)CC2)CC2(C)CCCC(C)(C2)C1. The molecule has 0 radical (unpaired) electrons. The number of aliphatic hydroxyl groups excluding tert-OH is 3. The zero-order valence-corrected chi connectivity index (χ0v) is 65.4. The van der Waals surface area contributed by atoms with Gasteiger partial charge in [0.05, 0.1) is 34.9 Å². The molecule has 7 atom stereocenters. The molecule has 7 heterocycles. The van der Waals surface area contributed by atoms with Gasteiger partial charge in [-0.1, -0.05) is 74.4 Å². The zero-order chi connectivity index (χ0) is 80.4. The molecule has 4 aliphatic heterocycles. The lowest BCUT2D eigenvalue weighted by molar-refractivity contribution is -0.271. The molecule has 33 heteroatoms. The van der Waals surface area contributed by atoms with Gasteiger partial charge >= 0.3 is 25.6 Å². The molecular formula is C80H100N11O20PS. The van der Waals surface area contributed by atoms with Gasteiger partial charge in [0.2, 0.25) is 18.1 Å². The van der Waals surface area contributed by atoms with E-state index < -0.39 is 62.2 Å². The number of ether oxygens (including phenoxy) is 4. The molecule has 6 aliphatic rings. The van der Waals surface area contributed by atoms with E-state index in [9.17, 15) is 78.2 Å². The molecule has 12 rings (SSSR count). The molecular weight excluding hydrogens is 1500 g/mol. The highest BCUT2D eigenvalue weighted by Gasteiger charge is 2.53. The van der Waals surface area contributed by atoms with E-state index in [0.29, 0.717) is 131 Å². The van der Waals surface area contributed by atoms with Gasteiger partial charge in [-0.05, 0) is 172 Å². The first kappa shape index (κ1) is 83.1. The molecule has 0 spiro atoms.